The number of unbranched alkanes of at least 4 members (excludes halogenated alkanes) is 42. The van der Waals surface area contributed by atoms with Gasteiger partial charge in [0.2, 0.25) is 5.91 Å². The van der Waals surface area contributed by atoms with Gasteiger partial charge in [-0.3, -0.25) is 4.79 Å². The van der Waals surface area contributed by atoms with Gasteiger partial charge in [-0.05, 0) is 77.0 Å². The number of hydrogen-bond acceptors (Lipinski definition) is 8. The number of carbonyl (C=O) groups is 1. The molecule has 7 unspecified atom stereocenters. The minimum Gasteiger partial charge on any atom is -0.394 e. The average molecular weight is 1280 g/mol. The second kappa shape index (κ2) is 69.9. The average Bonchev–Trinajstić information content (AvgIpc) is 1.33. The molecule has 1 aliphatic heterocycles. The number of ether oxygens (including phenoxy) is 2. The van der Waals surface area contributed by atoms with Crippen molar-refractivity contribution in [3.05, 3.63) is 97.2 Å². The minimum absolute atomic E-state index is 0.139. The summed E-state index contributed by atoms with van der Waals surface area (Å²) in [5.41, 5.74) is 0. The van der Waals surface area contributed by atoms with Crippen LogP contribution in [0.4, 0.5) is 0 Å². The number of aliphatic hydroxyl groups is 5. The molecule has 1 fully saturated rings. The van der Waals surface area contributed by atoms with Crippen LogP contribution in [0.15, 0.2) is 97.2 Å². The largest absolute Gasteiger partial charge is 0.394 e. The SMILES string of the molecule is CC/C=C\C/C=C\C/C=C\C/C=C\C/C=C\C/C=C\C/C=C\C/C=C\CCCCCCCCCCCCCCCCC(=O)NC(COC1OC(CO)C(O)C(O)C1O)C(O)CCCCCCCCCCCCCCCCCCCCCCCCCCCCCCC. The highest BCUT2D eigenvalue weighted by atomic mass is 16.7. The summed E-state index contributed by atoms with van der Waals surface area (Å²) in [6.07, 6.45) is 94.9. The lowest BCUT2D eigenvalue weighted by Crippen LogP contribution is -2.60. The lowest BCUT2D eigenvalue weighted by atomic mass is 9.99. The Morgan fingerprint density at radius 2 is 0.681 bits per heavy atom. The van der Waals surface area contributed by atoms with E-state index in [2.05, 4.69) is 116 Å². The lowest BCUT2D eigenvalue weighted by Gasteiger charge is -2.40. The van der Waals surface area contributed by atoms with Crippen LogP contribution in [-0.2, 0) is 14.3 Å². The molecule has 0 radical (unpaired) electrons. The molecule has 1 amide bonds. The lowest BCUT2D eigenvalue weighted by molar-refractivity contribution is -0.302. The Morgan fingerprint density at radius 1 is 0.385 bits per heavy atom. The molecule has 0 aromatic rings. The standard InChI is InChI=1S/C82H147NO8/c1-3-5-7-9-11-13-15-17-19-21-23-25-27-29-31-33-34-35-36-37-38-39-40-41-42-44-46-48-50-52-54-56-58-60-62-64-66-68-70-72-78(86)83-75(74-90-82-81(89)80(88)79(87)77(73-84)91-82)76(85)71-69-67-65-63-61-59-57-55-53-51-49-47-45-43-32-30-28-26-24-22-20-18-16-14-12-10-8-6-4-2/h5,7,11,13,17,19,23,25,29,31,34-35,37-38,40-41,75-77,79-82,84-85,87-89H,3-4,6,8-10,12,14-16,18,20-22,24,26-28,30,32-33,36,39,42-74H2,1-2H3,(H,83,86)/b7-5-,13-11-,19-17-,25-23-,31-29-,35-34-,38-37-,41-40-. The quantitative estimate of drug-likeness (QED) is 0.0261. The third-order valence-corrected chi connectivity index (χ3v) is 18.2. The number of nitrogens with one attached hydrogen (secondary N) is 1. The van der Waals surface area contributed by atoms with Gasteiger partial charge in [-0.15, -0.1) is 0 Å². The Hall–Kier alpha value is -2.89. The van der Waals surface area contributed by atoms with Gasteiger partial charge in [0.25, 0.3) is 0 Å². The van der Waals surface area contributed by atoms with Crippen LogP contribution in [0.3, 0.4) is 0 Å². The molecule has 0 aliphatic carbocycles. The van der Waals surface area contributed by atoms with Crippen molar-refractivity contribution in [2.45, 2.75) is 403 Å². The summed E-state index contributed by atoms with van der Waals surface area (Å²) in [7, 11) is 0. The van der Waals surface area contributed by atoms with E-state index in [-0.39, 0.29) is 12.5 Å². The summed E-state index contributed by atoms with van der Waals surface area (Å²) in [5, 5.41) is 55.1. The molecule has 7 atom stereocenters. The molecular weight excluding hydrogens is 1130 g/mol. The van der Waals surface area contributed by atoms with Gasteiger partial charge >= 0.3 is 0 Å². The Balaban J connectivity index is 2.08. The molecule has 0 aromatic heterocycles. The van der Waals surface area contributed by atoms with Crippen molar-refractivity contribution in [2.24, 2.45) is 0 Å². The van der Waals surface area contributed by atoms with Gasteiger partial charge in [0, 0.05) is 6.42 Å². The summed E-state index contributed by atoms with van der Waals surface area (Å²) >= 11 is 0. The normalized spacial score (nSPS) is 18.3. The van der Waals surface area contributed by atoms with E-state index in [0.717, 1.165) is 89.9 Å². The van der Waals surface area contributed by atoms with Crippen LogP contribution in [0, 0.1) is 0 Å². The van der Waals surface area contributed by atoms with Gasteiger partial charge in [0.05, 0.1) is 25.4 Å². The highest BCUT2D eigenvalue weighted by Crippen LogP contribution is 2.24. The van der Waals surface area contributed by atoms with Crippen LogP contribution in [0.5, 0.6) is 0 Å². The summed E-state index contributed by atoms with van der Waals surface area (Å²) < 4.78 is 11.4. The van der Waals surface area contributed by atoms with Crippen molar-refractivity contribution < 1.29 is 39.8 Å². The molecule has 0 aromatic carbocycles. The van der Waals surface area contributed by atoms with Gasteiger partial charge in [-0.1, -0.05) is 374 Å². The van der Waals surface area contributed by atoms with E-state index in [9.17, 15) is 30.3 Å². The van der Waals surface area contributed by atoms with Gasteiger partial charge in [-0.2, -0.15) is 0 Å². The molecule has 0 bridgehead atoms. The fraction of sp³-hybridized carbons (Fsp3) is 0.793. The maximum absolute atomic E-state index is 13.2. The maximum Gasteiger partial charge on any atom is 0.220 e. The second-order valence-corrected chi connectivity index (χ2v) is 26.8. The van der Waals surface area contributed by atoms with Crippen molar-refractivity contribution in [3.8, 4) is 0 Å². The van der Waals surface area contributed by atoms with Crippen molar-refractivity contribution >= 4 is 5.91 Å². The number of amides is 1. The first-order valence-electron chi connectivity index (χ1n) is 38.9. The Bertz CT molecular complexity index is 1770. The van der Waals surface area contributed by atoms with Crippen molar-refractivity contribution in [3.63, 3.8) is 0 Å². The third-order valence-electron chi connectivity index (χ3n) is 18.2. The van der Waals surface area contributed by atoms with E-state index in [1.807, 2.05) is 0 Å². The van der Waals surface area contributed by atoms with Crippen LogP contribution in [0.1, 0.15) is 361 Å². The minimum atomic E-state index is -1.56. The van der Waals surface area contributed by atoms with E-state index >= 15 is 0 Å². The molecule has 91 heavy (non-hydrogen) atoms. The predicted octanol–water partition coefficient (Wildman–Crippen LogP) is 22.2. The number of rotatable bonds is 68. The first-order chi connectivity index (χ1) is 44.8. The molecular formula is C82H147NO8. The summed E-state index contributed by atoms with van der Waals surface area (Å²) in [5.74, 6) is -0.142. The zero-order chi connectivity index (χ0) is 65.7. The molecule has 6 N–H and O–H groups in total. The number of carbonyl (C=O) groups excluding carboxylic acids is 1. The number of hydrogen-bond donors (Lipinski definition) is 6. The summed E-state index contributed by atoms with van der Waals surface area (Å²) in [6, 6.07) is -0.726. The number of allylic oxidation sites excluding steroid dienone is 16. The topological polar surface area (TPSA) is 149 Å². The summed E-state index contributed by atoms with van der Waals surface area (Å²) in [4.78, 5) is 13.2. The highest BCUT2D eigenvalue weighted by Gasteiger charge is 2.44. The molecule has 1 heterocycles. The van der Waals surface area contributed by atoms with Crippen molar-refractivity contribution in [2.75, 3.05) is 13.2 Å². The zero-order valence-corrected chi connectivity index (χ0v) is 59.3. The second-order valence-electron chi connectivity index (χ2n) is 26.8. The fourth-order valence-electron chi connectivity index (χ4n) is 12.2. The monoisotopic (exact) mass is 1270 g/mol. The van der Waals surface area contributed by atoms with E-state index in [4.69, 9.17) is 9.47 Å². The zero-order valence-electron chi connectivity index (χ0n) is 59.3. The fourth-order valence-corrected chi connectivity index (χ4v) is 12.2. The van der Waals surface area contributed by atoms with Gasteiger partial charge in [-0.25, -0.2) is 0 Å². The van der Waals surface area contributed by atoms with E-state index in [1.165, 1.54) is 244 Å². The van der Waals surface area contributed by atoms with Crippen LogP contribution in [-0.4, -0.2) is 87.5 Å². The maximum atomic E-state index is 13.2. The van der Waals surface area contributed by atoms with Crippen molar-refractivity contribution in [1.82, 2.24) is 5.32 Å². The van der Waals surface area contributed by atoms with Gasteiger partial charge in [0.1, 0.15) is 24.4 Å². The van der Waals surface area contributed by atoms with Crippen LogP contribution >= 0.6 is 0 Å². The van der Waals surface area contributed by atoms with E-state index in [0.29, 0.717) is 12.8 Å². The first-order valence-corrected chi connectivity index (χ1v) is 38.9. The van der Waals surface area contributed by atoms with E-state index in [1.54, 1.807) is 0 Å². The first kappa shape index (κ1) is 86.1. The predicted molar refractivity (Wildman–Crippen MR) is 391 cm³/mol. The Morgan fingerprint density at radius 3 is 1.01 bits per heavy atom. The molecule has 9 nitrogen and oxygen atoms in total. The molecule has 1 saturated heterocycles. The molecule has 0 spiro atoms. The Labute approximate surface area is 562 Å². The third kappa shape index (κ3) is 58.2. The van der Waals surface area contributed by atoms with Crippen molar-refractivity contribution in [1.29, 1.82) is 0 Å². The smallest absolute Gasteiger partial charge is 0.220 e. The number of aliphatic hydroxyl groups excluding tert-OH is 5. The van der Waals surface area contributed by atoms with Gasteiger partial charge in [0.15, 0.2) is 6.29 Å². The van der Waals surface area contributed by atoms with Crippen LogP contribution in [0.2, 0.25) is 0 Å². The van der Waals surface area contributed by atoms with Gasteiger partial charge < -0.3 is 40.3 Å². The highest BCUT2D eigenvalue weighted by molar-refractivity contribution is 5.76. The molecule has 1 rings (SSSR count). The van der Waals surface area contributed by atoms with Crippen LogP contribution in [0.25, 0.3) is 0 Å². The van der Waals surface area contributed by atoms with E-state index < -0.39 is 49.5 Å². The summed E-state index contributed by atoms with van der Waals surface area (Å²) in [6.45, 7) is 3.77. The Kier molecular flexibility index (Phi) is 66.2. The molecule has 1 aliphatic rings. The molecule has 528 valence electrons. The molecule has 9 heteroatoms. The molecule has 0 saturated carbocycles. The van der Waals surface area contributed by atoms with Crippen LogP contribution < -0.4 is 5.32 Å².